The van der Waals surface area contributed by atoms with Gasteiger partial charge in [0, 0.05) is 5.69 Å². The molecule has 1 aromatic heterocycles. The highest BCUT2D eigenvalue weighted by Crippen LogP contribution is 2.12. The number of nitrogens with zero attached hydrogens (tertiary/aromatic N) is 4. The van der Waals surface area contributed by atoms with Crippen molar-refractivity contribution < 1.29 is 0 Å². The van der Waals surface area contributed by atoms with E-state index in [0.717, 1.165) is 11.4 Å². The number of benzene rings is 1. The molecule has 6 nitrogen and oxygen atoms in total. The third-order valence-electron chi connectivity index (χ3n) is 1.73. The second-order valence-corrected chi connectivity index (χ2v) is 3.23. The Labute approximate surface area is 91.1 Å². The number of hydrogen-bond acceptors (Lipinski definition) is 4. The molecule has 2 aromatic rings. The number of tetrazole rings is 1. The molecule has 1 aromatic carbocycles. The van der Waals surface area contributed by atoms with Crippen molar-refractivity contribution in [2.24, 2.45) is 5.73 Å². The van der Waals surface area contributed by atoms with Crippen molar-refractivity contribution in [3.8, 4) is 5.69 Å². The van der Waals surface area contributed by atoms with Crippen molar-refractivity contribution >= 4 is 23.0 Å². The van der Waals surface area contributed by atoms with Crippen LogP contribution in [-0.2, 0) is 0 Å². The fourth-order valence-corrected chi connectivity index (χ4v) is 1.27. The van der Waals surface area contributed by atoms with Crippen LogP contribution in [0.4, 0.5) is 5.69 Å². The van der Waals surface area contributed by atoms with Gasteiger partial charge in [0.15, 0.2) is 5.11 Å². The predicted octanol–water partition coefficient (Wildman–Crippen LogP) is 0.318. The number of nitrogens with two attached hydrogens (primary N) is 1. The maximum absolute atomic E-state index is 5.37. The number of rotatable bonds is 2. The smallest absolute Gasteiger partial charge is 0.168 e. The first-order valence-corrected chi connectivity index (χ1v) is 4.56. The Hall–Kier alpha value is -2.02. The third-order valence-corrected chi connectivity index (χ3v) is 1.83. The highest BCUT2D eigenvalue weighted by molar-refractivity contribution is 7.80. The summed E-state index contributed by atoms with van der Waals surface area (Å²) >= 11 is 4.74. The van der Waals surface area contributed by atoms with Gasteiger partial charge in [0.25, 0.3) is 0 Å². The summed E-state index contributed by atoms with van der Waals surface area (Å²) in [7, 11) is 0. The zero-order chi connectivity index (χ0) is 10.7. The molecule has 0 fully saturated rings. The summed E-state index contributed by atoms with van der Waals surface area (Å²) in [4.78, 5) is 0. The average Bonchev–Trinajstić information content (AvgIpc) is 2.69. The van der Waals surface area contributed by atoms with E-state index in [2.05, 4.69) is 20.8 Å². The Morgan fingerprint density at radius 2 is 2.33 bits per heavy atom. The lowest BCUT2D eigenvalue weighted by molar-refractivity contribution is 0.789. The van der Waals surface area contributed by atoms with Gasteiger partial charge in [-0.15, -0.1) is 5.10 Å². The molecule has 0 aliphatic heterocycles. The Morgan fingerprint density at radius 3 is 3.00 bits per heavy atom. The van der Waals surface area contributed by atoms with Crippen LogP contribution in [-0.4, -0.2) is 25.3 Å². The molecule has 0 saturated heterocycles. The predicted molar refractivity (Wildman–Crippen MR) is 59.6 cm³/mol. The lowest BCUT2D eigenvalue weighted by Gasteiger charge is -2.05. The van der Waals surface area contributed by atoms with Gasteiger partial charge in [0.2, 0.25) is 0 Å². The van der Waals surface area contributed by atoms with Crippen LogP contribution in [0.3, 0.4) is 0 Å². The monoisotopic (exact) mass is 220 g/mol. The molecule has 0 aliphatic rings. The van der Waals surface area contributed by atoms with Gasteiger partial charge in [-0.05, 0) is 40.8 Å². The van der Waals surface area contributed by atoms with E-state index in [-0.39, 0.29) is 5.11 Å². The molecule has 0 aliphatic carbocycles. The Bertz CT molecular complexity index is 466. The van der Waals surface area contributed by atoms with Gasteiger partial charge in [0.1, 0.15) is 6.33 Å². The molecule has 7 heteroatoms. The number of hydrogen-bond donors (Lipinski definition) is 2. The highest BCUT2D eigenvalue weighted by atomic mass is 32.1. The molecule has 3 N–H and O–H groups in total. The van der Waals surface area contributed by atoms with E-state index in [4.69, 9.17) is 18.0 Å². The molecule has 0 spiro atoms. The normalized spacial score (nSPS) is 9.87. The molecule has 76 valence electrons. The quantitative estimate of drug-likeness (QED) is 0.709. The molecule has 15 heavy (non-hydrogen) atoms. The van der Waals surface area contributed by atoms with Crippen LogP contribution in [0.25, 0.3) is 5.69 Å². The van der Waals surface area contributed by atoms with E-state index in [1.54, 1.807) is 4.68 Å². The van der Waals surface area contributed by atoms with Crippen molar-refractivity contribution in [2.75, 3.05) is 5.32 Å². The standard InChI is InChI=1S/C8H8N6S/c9-8(15)11-6-2-1-3-7(4-6)14-5-10-12-13-14/h1-5H,(H3,9,11,15). The zero-order valence-corrected chi connectivity index (χ0v) is 8.48. The van der Waals surface area contributed by atoms with Gasteiger partial charge in [-0.25, -0.2) is 4.68 Å². The van der Waals surface area contributed by atoms with E-state index in [1.165, 1.54) is 6.33 Å². The molecule has 0 radical (unpaired) electrons. The fourth-order valence-electron chi connectivity index (χ4n) is 1.15. The minimum absolute atomic E-state index is 0.226. The molecule has 0 saturated carbocycles. The van der Waals surface area contributed by atoms with Gasteiger partial charge in [-0.1, -0.05) is 6.07 Å². The van der Waals surface area contributed by atoms with Gasteiger partial charge >= 0.3 is 0 Å². The van der Waals surface area contributed by atoms with E-state index in [9.17, 15) is 0 Å². The molecule has 1 heterocycles. The second kappa shape index (κ2) is 4.01. The van der Waals surface area contributed by atoms with Crippen LogP contribution < -0.4 is 11.1 Å². The minimum Gasteiger partial charge on any atom is -0.376 e. The van der Waals surface area contributed by atoms with E-state index in [1.807, 2.05) is 24.3 Å². The van der Waals surface area contributed by atoms with Crippen molar-refractivity contribution in [3.05, 3.63) is 30.6 Å². The maximum atomic E-state index is 5.37. The van der Waals surface area contributed by atoms with Crippen LogP contribution in [0.1, 0.15) is 0 Å². The number of nitrogens with one attached hydrogen (secondary N) is 1. The summed E-state index contributed by atoms with van der Waals surface area (Å²) in [5.41, 5.74) is 7.00. The first-order valence-electron chi connectivity index (χ1n) is 4.15. The largest absolute Gasteiger partial charge is 0.376 e. The average molecular weight is 220 g/mol. The third kappa shape index (κ3) is 2.26. The van der Waals surface area contributed by atoms with Gasteiger partial charge in [-0.3, -0.25) is 0 Å². The summed E-state index contributed by atoms with van der Waals surface area (Å²) in [6.45, 7) is 0. The van der Waals surface area contributed by atoms with Crippen LogP contribution in [0.2, 0.25) is 0 Å². The number of thiocarbonyl (C=S) groups is 1. The van der Waals surface area contributed by atoms with Gasteiger partial charge in [-0.2, -0.15) is 0 Å². The van der Waals surface area contributed by atoms with Crippen molar-refractivity contribution in [1.29, 1.82) is 0 Å². The summed E-state index contributed by atoms with van der Waals surface area (Å²) in [6, 6.07) is 7.43. The summed E-state index contributed by atoms with van der Waals surface area (Å²) in [5, 5.41) is 13.9. The first kappa shape index (κ1) is 9.53. The topological polar surface area (TPSA) is 81.6 Å². The molecular weight excluding hydrogens is 212 g/mol. The lowest BCUT2D eigenvalue weighted by Crippen LogP contribution is -2.18. The molecule has 0 amide bonds. The van der Waals surface area contributed by atoms with Gasteiger partial charge in [0.05, 0.1) is 5.69 Å². The molecular formula is C8H8N6S. The first-order chi connectivity index (χ1) is 7.25. The zero-order valence-electron chi connectivity index (χ0n) is 7.66. The number of anilines is 1. The summed E-state index contributed by atoms with van der Waals surface area (Å²) < 4.78 is 1.55. The molecule has 0 bridgehead atoms. The Morgan fingerprint density at radius 1 is 1.47 bits per heavy atom. The van der Waals surface area contributed by atoms with Crippen LogP contribution >= 0.6 is 12.2 Å². The van der Waals surface area contributed by atoms with Crippen molar-refractivity contribution in [3.63, 3.8) is 0 Å². The van der Waals surface area contributed by atoms with E-state index >= 15 is 0 Å². The Balaban J connectivity index is 2.31. The molecule has 0 atom stereocenters. The van der Waals surface area contributed by atoms with Crippen LogP contribution in [0.5, 0.6) is 0 Å². The van der Waals surface area contributed by atoms with E-state index in [0.29, 0.717) is 0 Å². The van der Waals surface area contributed by atoms with Crippen molar-refractivity contribution in [2.45, 2.75) is 0 Å². The van der Waals surface area contributed by atoms with Crippen LogP contribution in [0.15, 0.2) is 30.6 Å². The molecule has 0 unspecified atom stereocenters. The minimum atomic E-state index is 0.226. The lowest BCUT2D eigenvalue weighted by atomic mass is 10.3. The highest BCUT2D eigenvalue weighted by Gasteiger charge is 1.99. The fraction of sp³-hybridized carbons (Fsp3) is 0. The SMILES string of the molecule is NC(=S)Nc1cccc(-n2cnnn2)c1. The molecule has 2 rings (SSSR count). The summed E-state index contributed by atoms with van der Waals surface area (Å²) in [6.07, 6.45) is 1.51. The number of aromatic nitrogens is 4. The summed E-state index contributed by atoms with van der Waals surface area (Å²) in [5.74, 6) is 0. The Kier molecular flexibility index (Phi) is 2.55. The van der Waals surface area contributed by atoms with Crippen molar-refractivity contribution in [1.82, 2.24) is 20.2 Å². The maximum Gasteiger partial charge on any atom is 0.168 e. The second-order valence-electron chi connectivity index (χ2n) is 2.79. The van der Waals surface area contributed by atoms with Gasteiger partial charge < -0.3 is 11.1 Å². The van der Waals surface area contributed by atoms with E-state index < -0.39 is 0 Å². The van der Waals surface area contributed by atoms with Crippen LogP contribution in [0, 0.1) is 0 Å².